The van der Waals surface area contributed by atoms with Gasteiger partial charge in [-0.25, -0.2) is 0 Å². The van der Waals surface area contributed by atoms with Crippen molar-refractivity contribution in [2.75, 3.05) is 11.4 Å². The Balaban J connectivity index is 2.32. The summed E-state index contributed by atoms with van der Waals surface area (Å²) in [7, 11) is 0. The maximum absolute atomic E-state index is 5.89. The molecule has 2 rings (SSSR count). The highest BCUT2D eigenvalue weighted by atomic mass is 15.1. The van der Waals surface area contributed by atoms with Crippen LogP contribution in [-0.2, 0) is 6.42 Å². The van der Waals surface area contributed by atoms with Crippen LogP contribution in [0, 0.1) is 13.8 Å². The zero-order chi connectivity index (χ0) is 15.4. The summed E-state index contributed by atoms with van der Waals surface area (Å²) in [5, 5.41) is 0. The van der Waals surface area contributed by atoms with Crippen LogP contribution in [0.15, 0.2) is 42.5 Å². The minimum absolute atomic E-state index is 0.203. The van der Waals surface area contributed by atoms with Crippen molar-refractivity contribution in [1.82, 2.24) is 0 Å². The van der Waals surface area contributed by atoms with E-state index in [9.17, 15) is 0 Å². The first-order valence-corrected chi connectivity index (χ1v) is 7.70. The van der Waals surface area contributed by atoms with E-state index in [1.807, 2.05) is 6.92 Å². The van der Waals surface area contributed by atoms with Crippen LogP contribution in [-0.4, -0.2) is 12.6 Å². The molecule has 0 radical (unpaired) electrons. The fourth-order valence-electron chi connectivity index (χ4n) is 2.74. The summed E-state index contributed by atoms with van der Waals surface area (Å²) in [5.74, 6) is 0. The SMILES string of the molecule is CCN(c1ccc(C)cc1)c1ccc(CC(C)N)cc1C. The van der Waals surface area contributed by atoms with E-state index in [2.05, 4.69) is 68.1 Å². The van der Waals surface area contributed by atoms with Crippen LogP contribution < -0.4 is 10.6 Å². The summed E-state index contributed by atoms with van der Waals surface area (Å²) in [6.45, 7) is 9.49. The Kier molecular flexibility index (Phi) is 5.03. The summed E-state index contributed by atoms with van der Waals surface area (Å²) in [5.41, 5.74) is 12.3. The third-order valence-corrected chi connectivity index (χ3v) is 3.77. The Morgan fingerprint density at radius 1 is 1.05 bits per heavy atom. The van der Waals surface area contributed by atoms with Crippen molar-refractivity contribution in [2.24, 2.45) is 5.73 Å². The highest BCUT2D eigenvalue weighted by molar-refractivity contribution is 5.66. The molecule has 0 aromatic heterocycles. The molecule has 0 aliphatic carbocycles. The van der Waals surface area contributed by atoms with Gasteiger partial charge in [-0.15, -0.1) is 0 Å². The van der Waals surface area contributed by atoms with Gasteiger partial charge in [0.05, 0.1) is 0 Å². The quantitative estimate of drug-likeness (QED) is 0.883. The normalized spacial score (nSPS) is 12.2. The molecule has 2 aromatic rings. The van der Waals surface area contributed by atoms with Crippen LogP contribution >= 0.6 is 0 Å². The largest absolute Gasteiger partial charge is 0.342 e. The van der Waals surface area contributed by atoms with Gasteiger partial charge in [0.25, 0.3) is 0 Å². The Bertz CT molecular complexity index is 585. The second-order valence-corrected chi connectivity index (χ2v) is 5.88. The van der Waals surface area contributed by atoms with Gasteiger partial charge in [0, 0.05) is 24.0 Å². The van der Waals surface area contributed by atoms with Gasteiger partial charge in [-0.2, -0.15) is 0 Å². The predicted molar refractivity (Wildman–Crippen MR) is 92.4 cm³/mol. The van der Waals surface area contributed by atoms with Crippen molar-refractivity contribution in [3.8, 4) is 0 Å². The molecule has 1 atom stereocenters. The summed E-state index contributed by atoms with van der Waals surface area (Å²) in [6.07, 6.45) is 0.928. The van der Waals surface area contributed by atoms with Crippen LogP contribution in [0.3, 0.4) is 0 Å². The molecule has 0 saturated heterocycles. The number of benzene rings is 2. The van der Waals surface area contributed by atoms with Gasteiger partial charge >= 0.3 is 0 Å². The zero-order valence-electron chi connectivity index (χ0n) is 13.6. The lowest BCUT2D eigenvalue weighted by molar-refractivity contribution is 0.737. The van der Waals surface area contributed by atoms with Gasteiger partial charge < -0.3 is 10.6 Å². The first kappa shape index (κ1) is 15.6. The smallest absolute Gasteiger partial charge is 0.0440 e. The van der Waals surface area contributed by atoms with Crippen molar-refractivity contribution >= 4 is 11.4 Å². The average molecular weight is 282 g/mol. The van der Waals surface area contributed by atoms with E-state index in [1.165, 1.54) is 28.1 Å². The highest BCUT2D eigenvalue weighted by Crippen LogP contribution is 2.29. The molecular weight excluding hydrogens is 256 g/mol. The molecule has 0 aliphatic rings. The first-order valence-electron chi connectivity index (χ1n) is 7.70. The van der Waals surface area contributed by atoms with Crippen molar-refractivity contribution < 1.29 is 0 Å². The molecule has 2 aromatic carbocycles. The maximum atomic E-state index is 5.89. The Morgan fingerprint density at radius 2 is 1.71 bits per heavy atom. The standard InChI is InChI=1S/C19H26N2/c1-5-21(18-9-6-14(2)7-10-18)19-11-8-17(12-15(19)3)13-16(4)20/h6-12,16H,5,13,20H2,1-4H3. The van der Waals surface area contributed by atoms with E-state index in [4.69, 9.17) is 5.73 Å². The monoisotopic (exact) mass is 282 g/mol. The second kappa shape index (κ2) is 6.77. The number of anilines is 2. The van der Waals surface area contributed by atoms with Crippen LogP contribution in [0.4, 0.5) is 11.4 Å². The molecule has 0 saturated carbocycles. The van der Waals surface area contributed by atoms with Gasteiger partial charge in [0.2, 0.25) is 0 Å². The van der Waals surface area contributed by atoms with E-state index in [1.54, 1.807) is 0 Å². The Hall–Kier alpha value is -1.80. The molecule has 0 aliphatic heterocycles. The third-order valence-electron chi connectivity index (χ3n) is 3.77. The van der Waals surface area contributed by atoms with E-state index in [0.717, 1.165) is 13.0 Å². The topological polar surface area (TPSA) is 29.3 Å². The lowest BCUT2D eigenvalue weighted by Crippen LogP contribution is -2.19. The first-order chi connectivity index (χ1) is 10.0. The molecule has 2 nitrogen and oxygen atoms in total. The lowest BCUT2D eigenvalue weighted by Gasteiger charge is -2.26. The minimum Gasteiger partial charge on any atom is -0.342 e. The van der Waals surface area contributed by atoms with Crippen LogP contribution in [0.25, 0.3) is 0 Å². The number of nitrogens with zero attached hydrogens (tertiary/aromatic N) is 1. The van der Waals surface area contributed by atoms with Crippen LogP contribution in [0.1, 0.15) is 30.5 Å². The third kappa shape index (κ3) is 3.85. The van der Waals surface area contributed by atoms with Crippen molar-refractivity contribution in [3.63, 3.8) is 0 Å². The number of hydrogen-bond donors (Lipinski definition) is 1. The molecule has 2 heteroatoms. The summed E-state index contributed by atoms with van der Waals surface area (Å²) >= 11 is 0. The molecule has 0 bridgehead atoms. The van der Waals surface area contributed by atoms with Gasteiger partial charge in [-0.05, 0) is 63.4 Å². The molecule has 21 heavy (non-hydrogen) atoms. The summed E-state index contributed by atoms with van der Waals surface area (Å²) in [4.78, 5) is 2.35. The molecule has 2 N–H and O–H groups in total. The second-order valence-electron chi connectivity index (χ2n) is 5.88. The molecule has 1 unspecified atom stereocenters. The number of nitrogens with two attached hydrogens (primary N) is 1. The van der Waals surface area contributed by atoms with Gasteiger partial charge in [0.15, 0.2) is 0 Å². The zero-order valence-corrected chi connectivity index (χ0v) is 13.6. The molecule has 0 heterocycles. The van der Waals surface area contributed by atoms with E-state index in [0.29, 0.717) is 0 Å². The Labute approximate surface area is 128 Å². The fraction of sp³-hybridized carbons (Fsp3) is 0.368. The van der Waals surface area contributed by atoms with E-state index in [-0.39, 0.29) is 6.04 Å². The number of aryl methyl sites for hydroxylation is 2. The molecular formula is C19H26N2. The fourth-order valence-corrected chi connectivity index (χ4v) is 2.74. The highest BCUT2D eigenvalue weighted by Gasteiger charge is 2.10. The molecule has 0 spiro atoms. The van der Waals surface area contributed by atoms with Gasteiger partial charge in [-0.3, -0.25) is 0 Å². The van der Waals surface area contributed by atoms with Crippen molar-refractivity contribution in [2.45, 2.75) is 40.2 Å². The van der Waals surface area contributed by atoms with Gasteiger partial charge in [0.1, 0.15) is 0 Å². The van der Waals surface area contributed by atoms with Crippen molar-refractivity contribution in [1.29, 1.82) is 0 Å². The number of rotatable bonds is 5. The van der Waals surface area contributed by atoms with E-state index >= 15 is 0 Å². The average Bonchev–Trinajstić information content (AvgIpc) is 2.43. The van der Waals surface area contributed by atoms with Crippen LogP contribution in [0.2, 0.25) is 0 Å². The molecule has 0 fully saturated rings. The van der Waals surface area contributed by atoms with Crippen LogP contribution in [0.5, 0.6) is 0 Å². The Morgan fingerprint density at radius 3 is 2.24 bits per heavy atom. The summed E-state index contributed by atoms with van der Waals surface area (Å²) < 4.78 is 0. The van der Waals surface area contributed by atoms with Crippen molar-refractivity contribution in [3.05, 3.63) is 59.2 Å². The summed E-state index contributed by atoms with van der Waals surface area (Å²) in [6, 6.07) is 15.6. The van der Waals surface area contributed by atoms with Gasteiger partial charge in [-0.1, -0.05) is 29.8 Å². The maximum Gasteiger partial charge on any atom is 0.0440 e. The minimum atomic E-state index is 0.203. The van der Waals surface area contributed by atoms with E-state index < -0.39 is 0 Å². The molecule has 0 amide bonds. The lowest BCUT2D eigenvalue weighted by atomic mass is 10.0. The number of hydrogen-bond acceptors (Lipinski definition) is 2. The molecule has 112 valence electrons. The predicted octanol–water partition coefficient (Wildman–Crippen LogP) is 4.35.